The SMILES string of the molecule is CC1(C)Cc2nc(C3CCN(c4ncc(-c5cccc(C(=O)O)c5)cn4)CC3)c(C(F)c3ccc(C(F)(F)F)cc3)c(C3CCC(F)(F)CC3)c2C(O)C1. The molecule has 2 aliphatic carbocycles. The number of carbonyl (C=O) groups is 1. The molecule has 0 radical (unpaired) electrons. The van der Waals surface area contributed by atoms with E-state index in [-0.39, 0.29) is 53.7 Å². The van der Waals surface area contributed by atoms with E-state index < -0.39 is 41.8 Å². The summed E-state index contributed by atoms with van der Waals surface area (Å²) >= 11 is 0. The molecule has 2 fully saturated rings. The number of nitrogens with zero attached hydrogens (tertiary/aromatic N) is 4. The van der Waals surface area contributed by atoms with E-state index in [4.69, 9.17) is 4.98 Å². The summed E-state index contributed by atoms with van der Waals surface area (Å²) in [4.78, 5) is 27.7. The quantitative estimate of drug-likeness (QED) is 0.181. The molecule has 1 saturated heterocycles. The van der Waals surface area contributed by atoms with Gasteiger partial charge in [0.05, 0.1) is 22.9 Å². The summed E-state index contributed by atoms with van der Waals surface area (Å²) in [5, 5.41) is 21.0. The van der Waals surface area contributed by atoms with Crippen LogP contribution in [-0.2, 0) is 12.6 Å². The van der Waals surface area contributed by atoms with Crippen LogP contribution in [0.5, 0.6) is 0 Å². The van der Waals surface area contributed by atoms with Crippen LogP contribution in [0.25, 0.3) is 11.1 Å². The minimum absolute atomic E-state index is 0.00108. The van der Waals surface area contributed by atoms with Crippen molar-refractivity contribution in [2.45, 2.75) is 101 Å². The maximum absolute atomic E-state index is 17.3. The summed E-state index contributed by atoms with van der Waals surface area (Å²) in [6.07, 6.45) is -2.98. The lowest BCUT2D eigenvalue weighted by Gasteiger charge is -2.41. The topological polar surface area (TPSA) is 99.4 Å². The van der Waals surface area contributed by atoms with E-state index in [9.17, 15) is 37.0 Å². The lowest BCUT2D eigenvalue weighted by atomic mass is 9.68. The van der Waals surface area contributed by atoms with Crippen molar-refractivity contribution >= 4 is 11.9 Å². The number of hydrogen-bond acceptors (Lipinski definition) is 6. The monoisotopic (exact) mass is 752 g/mol. The van der Waals surface area contributed by atoms with Gasteiger partial charge in [-0.3, -0.25) is 4.98 Å². The van der Waals surface area contributed by atoms with Gasteiger partial charge in [-0.15, -0.1) is 0 Å². The summed E-state index contributed by atoms with van der Waals surface area (Å²) < 4.78 is 86.8. The second-order valence-corrected chi connectivity index (χ2v) is 15.8. The molecule has 0 amide bonds. The Balaban J connectivity index is 1.25. The van der Waals surface area contributed by atoms with Gasteiger partial charge >= 0.3 is 12.1 Å². The number of aromatic nitrogens is 3. The fourth-order valence-electron chi connectivity index (χ4n) is 8.53. The van der Waals surface area contributed by atoms with Crippen LogP contribution in [0.1, 0.15) is 132 Å². The first-order valence-electron chi connectivity index (χ1n) is 18.3. The number of aliphatic hydroxyl groups is 1. The summed E-state index contributed by atoms with van der Waals surface area (Å²) in [6.45, 7) is 4.99. The minimum atomic E-state index is -4.61. The van der Waals surface area contributed by atoms with Crippen LogP contribution in [0, 0.1) is 5.41 Å². The lowest BCUT2D eigenvalue weighted by Crippen LogP contribution is -2.36. The number of rotatable bonds is 7. The molecule has 13 heteroatoms. The van der Waals surface area contributed by atoms with Gasteiger partial charge in [0.1, 0.15) is 0 Å². The van der Waals surface area contributed by atoms with E-state index in [0.29, 0.717) is 78.4 Å². The molecule has 2 aromatic carbocycles. The molecule has 3 aliphatic rings. The van der Waals surface area contributed by atoms with Gasteiger partial charge in [0.25, 0.3) is 0 Å². The van der Waals surface area contributed by atoms with Crippen molar-refractivity contribution in [2.75, 3.05) is 18.0 Å². The third-order valence-corrected chi connectivity index (χ3v) is 11.3. The Labute approximate surface area is 309 Å². The number of aromatic carboxylic acids is 1. The van der Waals surface area contributed by atoms with E-state index in [1.807, 2.05) is 18.7 Å². The zero-order valence-corrected chi connectivity index (χ0v) is 30.0. The number of hydrogen-bond donors (Lipinski definition) is 2. The van der Waals surface area contributed by atoms with E-state index in [2.05, 4.69) is 9.97 Å². The zero-order chi connectivity index (χ0) is 38.6. The summed E-state index contributed by atoms with van der Waals surface area (Å²) in [5.41, 5.74) is 2.46. The molecule has 3 heterocycles. The van der Waals surface area contributed by atoms with Crippen molar-refractivity contribution in [3.8, 4) is 11.1 Å². The number of pyridine rings is 1. The normalized spacial score (nSPS) is 21.1. The molecular formula is C41H42F6N4O3. The fraction of sp³-hybridized carbons (Fsp3) is 0.463. The molecule has 1 aliphatic heterocycles. The first-order chi connectivity index (χ1) is 25.5. The summed E-state index contributed by atoms with van der Waals surface area (Å²) in [5.74, 6) is -4.20. The van der Waals surface area contributed by atoms with Crippen LogP contribution in [0.2, 0.25) is 0 Å². The third-order valence-electron chi connectivity index (χ3n) is 11.3. The van der Waals surface area contributed by atoms with Crippen molar-refractivity contribution in [3.05, 3.63) is 106 Å². The van der Waals surface area contributed by atoms with Crippen LogP contribution in [0.4, 0.5) is 32.3 Å². The standard InChI is InChI=1S/C41H42F6N4O3/c1-39(2)19-30-33(31(52)20-39)32(23-10-14-40(43,44)15-11-23)34(35(42)24-6-8-29(9-7-24)41(45,46)47)36(50-30)25-12-16-51(17-13-25)38-48-21-28(22-49-38)26-4-3-5-27(18-26)37(53)54/h3-9,18,21-23,25,31,35,52H,10-17,19-20H2,1-2H3,(H,53,54). The van der Waals surface area contributed by atoms with Gasteiger partial charge in [-0.1, -0.05) is 38.1 Å². The van der Waals surface area contributed by atoms with Crippen molar-refractivity contribution in [2.24, 2.45) is 5.41 Å². The maximum atomic E-state index is 17.3. The number of carboxylic acids is 1. The molecule has 7 nitrogen and oxygen atoms in total. The number of benzene rings is 2. The highest BCUT2D eigenvalue weighted by molar-refractivity contribution is 5.89. The largest absolute Gasteiger partial charge is 0.478 e. The maximum Gasteiger partial charge on any atom is 0.416 e. The molecule has 1 saturated carbocycles. The average Bonchev–Trinajstić information content (AvgIpc) is 3.13. The molecule has 2 N–H and O–H groups in total. The van der Waals surface area contributed by atoms with Crippen molar-refractivity contribution in [3.63, 3.8) is 0 Å². The Bertz CT molecular complexity index is 2000. The predicted octanol–water partition coefficient (Wildman–Crippen LogP) is 10.00. The van der Waals surface area contributed by atoms with Gasteiger partial charge in [-0.25, -0.2) is 27.9 Å². The number of anilines is 1. The first kappa shape index (κ1) is 37.8. The zero-order valence-electron chi connectivity index (χ0n) is 30.0. The first-order valence-corrected chi connectivity index (χ1v) is 18.3. The smallest absolute Gasteiger partial charge is 0.416 e. The summed E-state index contributed by atoms with van der Waals surface area (Å²) in [7, 11) is 0. The molecule has 0 spiro atoms. The molecule has 2 atom stereocenters. The average molecular weight is 753 g/mol. The Kier molecular flexibility index (Phi) is 9.99. The highest BCUT2D eigenvalue weighted by Gasteiger charge is 2.44. The van der Waals surface area contributed by atoms with Crippen LogP contribution in [0.3, 0.4) is 0 Å². The highest BCUT2D eigenvalue weighted by atomic mass is 19.4. The van der Waals surface area contributed by atoms with Crippen molar-refractivity contribution < 1.29 is 41.4 Å². The Morgan fingerprint density at radius 1 is 0.907 bits per heavy atom. The molecule has 286 valence electrons. The molecule has 0 bridgehead atoms. The number of halogens is 6. The van der Waals surface area contributed by atoms with Gasteiger partial charge in [-0.05, 0) is 90.8 Å². The fourth-order valence-corrected chi connectivity index (χ4v) is 8.53. The van der Waals surface area contributed by atoms with E-state index in [1.54, 1.807) is 30.6 Å². The van der Waals surface area contributed by atoms with E-state index >= 15 is 4.39 Å². The Morgan fingerprint density at radius 2 is 1.56 bits per heavy atom. The number of fused-ring (bicyclic) bond motifs is 1. The second kappa shape index (κ2) is 14.3. The number of carboxylic acid groups (broad SMARTS) is 1. The number of aliphatic hydroxyl groups excluding tert-OH is 1. The number of alkyl halides is 6. The number of piperidine rings is 1. The summed E-state index contributed by atoms with van der Waals surface area (Å²) in [6, 6.07) is 10.4. The van der Waals surface area contributed by atoms with Gasteiger partial charge in [0, 0.05) is 66.6 Å². The molecule has 4 aromatic rings. The van der Waals surface area contributed by atoms with Crippen LogP contribution in [-0.4, -0.2) is 50.1 Å². The van der Waals surface area contributed by atoms with Crippen molar-refractivity contribution in [1.82, 2.24) is 15.0 Å². The van der Waals surface area contributed by atoms with Gasteiger partial charge in [0.2, 0.25) is 11.9 Å². The van der Waals surface area contributed by atoms with Gasteiger partial charge in [0.15, 0.2) is 6.17 Å². The van der Waals surface area contributed by atoms with Gasteiger partial charge < -0.3 is 15.1 Å². The highest BCUT2D eigenvalue weighted by Crippen LogP contribution is 2.52. The molecule has 7 rings (SSSR count). The van der Waals surface area contributed by atoms with E-state index in [1.165, 1.54) is 6.07 Å². The van der Waals surface area contributed by atoms with Gasteiger partial charge in [-0.2, -0.15) is 13.2 Å². The Hall–Kier alpha value is -4.52. The molecule has 2 aromatic heterocycles. The molecule has 54 heavy (non-hydrogen) atoms. The molecule has 2 unspecified atom stereocenters. The van der Waals surface area contributed by atoms with Crippen LogP contribution in [0.15, 0.2) is 60.9 Å². The van der Waals surface area contributed by atoms with E-state index in [0.717, 1.165) is 24.3 Å². The predicted molar refractivity (Wildman–Crippen MR) is 190 cm³/mol. The van der Waals surface area contributed by atoms with Crippen molar-refractivity contribution in [1.29, 1.82) is 0 Å². The molecular weight excluding hydrogens is 710 g/mol. The Morgan fingerprint density at radius 3 is 2.17 bits per heavy atom. The minimum Gasteiger partial charge on any atom is -0.478 e. The van der Waals surface area contributed by atoms with Crippen LogP contribution >= 0.6 is 0 Å². The second-order valence-electron chi connectivity index (χ2n) is 15.8. The van der Waals surface area contributed by atoms with Crippen LogP contribution < -0.4 is 4.90 Å². The third kappa shape index (κ3) is 7.69. The lowest BCUT2D eigenvalue weighted by molar-refractivity contribution is -0.137.